The summed E-state index contributed by atoms with van der Waals surface area (Å²) in [5.41, 5.74) is 1.10. The van der Waals surface area contributed by atoms with Gasteiger partial charge < -0.3 is 25.4 Å². The number of ether oxygens (including phenoxy) is 2. The summed E-state index contributed by atoms with van der Waals surface area (Å²) in [7, 11) is 0. The highest BCUT2D eigenvalue weighted by atomic mass is 35.5. The zero-order chi connectivity index (χ0) is 27.0. The highest BCUT2D eigenvalue weighted by Gasteiger charge is 2.32. The first kappa shape index (κ1) is 28.6. The van der Waals surface area contributed by atoms with Crippen LogP contribution in [0, 0.1) is 16.7 Å². The summed E-state index contributed by atoms with van der Waals surface area (Å²) in [6, 6.07) is 11.2. The van der Waals surface area contributed by atoms with Crippen LogP contribution < -0.4 is 16.0 Å². The van der Waals surface area contributed by atoms with Gasteiger partial charge in [0.05, 0.1) is 34.4 Å². The molecule has 2 fully saturated rings. The van der Waals surface area contributed by atoms with Gasteiger partial charge in [0.2, 0.25) is 0 Å². The Balaban J connectivity index is 1.31. The Morgan fingerprint density at radius 2 is 1.87 bits per heavy atom. The molecule has 0 aromatic carbocycles. The van der Waals surface area contributed by atoms with Crippen molar-refractivity contribution >= 4 is 23.2 Å². The minimum atomic E-state index is -0.421. The van der Waals surface area contributed by atoms with E-state index in [0.717, 1.165) is 74.6 Å². The van der Waals surface area contributed by atoms with Crippen LogP contribution in [0.4, 0.5) is 11.6 Å². The third-order valence-corrected chi connectivity index (χ3v) is 7.63. The summed E-state index contributed by atoms with van der Waals surface area (Å²) in [4.78, 5) is 9.33. The van der Waals surface area contributed by atoms with E-state index in [1.54, 1.807) is 6.20 Å². The standard InChI is InChI=1S/C29H41ClN6O2/c1-28(2,3)38-16-13-32-21-7-9-22(10-8-21)35-27-17-23(24(30)18-33-27)25-5-4-6-26(36-25)34-20-29(19-31)11-14-37-15-12-29/h4-6,17-18,21-22,32H,7-16,20H2,1-3H3,(H,33,35)(H,34,36). The molecule has 2 aliphatic rings. The highest BCUT2D eigenvalue weighted by Crippen LogP contribution is 2.32. The molecule has 38 heavy (non-hydrogen) atoms. The van der Waals surface area contributed by atoms with Crippen LogP contribution in [0.25, 0.3) is 11.3 Å². The van der Waals surface area contributed by atoms with Crippen molar-refractivity contribution in [1.82, 2.24) is 15.3 Å². The van der Waals surface area contributed by atoms with Crippen molar-refractivity contribution in [3.8, 4) is 17.3 Å². The van der Waals surface area contributed by atoms with Crippen molar-refractivity contribution in [1.29, 1.82) is 5.26 Å². The van der Waals surface area contributed by atoms with E-state index in [2.05, 4.69) is 47.8 Å². The largest absolute Gasteiger partial charge is 0.381 e. The fourth-order valence-electron chi connectivity index (χ4n) is 5.02. The average Bonchev–Trinajstić information content (AvgIpc) is 2.92. The molecule has 0 radical (unpaired) electrons. The van der Waals surface area contributed by atoms with Gasteiger partial charge in [-0.1, -0.05) is 17.7 Å². The van der Waals surface area contributed by atoms with E-state index in [0.29, 0.717) is 36.9 Å². The predicted octanol–water partition coefficient (Wildman–Crippen LogP) is 5.66. The fourth-order valence-corrected chi connectivity index (χ4v) is 5.22. The van der Waals surface area contributed by atoms with Crippen LogP contribution in [0.2, 0.25) is 5.02 Å². The molecule has 1 aliphatic carbocycles. The van der Waals surface area contributed by atoms with E-state index >= 15 is 0 Å². The molecule has 2 aromatic rings. The molecular weight excluding hydrogens is 500 g/mol. The third kappa shape index (κ3) is 8.28. The van der Waals surface area contributed by atoms with Crippen LogP contribution in [0.15, 0.2) is 30.5 Å². The Kier molecular flexibility index (Phi) is 9.83. The number of nitrogens with one attached hydrogen (secondary N) is 3. The van der Waals surface area contributed by atoms with Crippen molar-refractivity contribution in [3.63, 3.8) is 0 Å². The summed E-state index contributed by atoms with van der Waals surface area (Å²) >= 11 is 6.55. The summed E-state index contributed by atoms with van der Waals surface area (Å²) in [5.74, 6) is 1.54. The molecule has 0 atom stereocenters. The van der Waals surface area contributed by atoms with Crippen LogP contribution in [-0.4, -0.2) is 60.6 Å². The van der Waals surface area contributed by atoms with Gasteiger partial charge in [0.1, 0.15) is 11.6 Å². The monoisotopic (exact) mass is 540 g/mol. The second-order valence-corrected chi connectivity index (χ2v) is 11.8. The topological polar surface area (TPSA) is 104 Å². The van der Waals surface area contributed by atoms with Gasteiger partial charge in [-0.15, -0.1) is 0 Å². The van der Waals surface area contributed by atoms with E-state index in [1.165, 1.54) is 0 Å². The lowest BCUT2D eigenvalue weighted by Crippen LogP contribution is -2.39. The highest BCUT2D eigenvalue weighted by molar-refractivity contribution is 6.33. The van der Waals surface area contributed by atoms with Gasteiger partial charge in [0.15, 0.2) is 0 Å². The number of pyridine rings is 2. The molecule has 1 saturated carbocycles. The van der Waals surface area contributed by atoms with Gasteiger partial charge in [-0.2, -0.15) is 5.26 Å². The molecule has 3 N–H and O–H groups in total. The fraction of sp³-hybridized carbons (Fsp3) is 0.621. The molecule has 1 saturated heterocycles. The number of anilines is 2. The lowest BCUT2D eigenvalue weighted by molar-refractivity contribution is -0.00198. The first-order valence-corrected chi connectivity index (χ1v) is 14.1. The van der Waals surface area contributed by atoms with Gasteiger partial charge in [-0.25, -0.2) is 9.97 Å². The Morgan fingerprint density at radius 3 is 2.58 bits per heavy atom. The zero-order valence-corrected chi connectivity index (χ0v) is 23.6. The molecule has 2 aromatic heterocycles. The first-order valence-electron chi connectivity index (χ1n) is 13.7. The maximum Gasteiger partial charge on any atom is 0.126 e. The van der Waals surface area contributed by atoms with Crippen molar-refractivity contribution in [3.05, 3.63) is 35.5 Å². The number of hydrogen-bond donors (Lipinski definition) is 3. The molecule has 0 bridgehead atoms. The minimum Gasteiger partial charge on any atom is -0.381 e. The van der Waals surface area contributed by atoms with E-state index in [9.17, 15) is 5.26 Å². The lowest BCUT2D eigenvalue weighted by atomic mass is 9.82. The van der Waals surface area contributed by atoms with Crippen molar-refractivity contribution < 1.29 is 9.47 Å². The number of nitriles is 1. The van der Waals surface area contributed by atoms with E-state index in [1.807, 2.05) is 24.3 Å². The van der Waals surface area contributed by atoms with E-state index < -0.39 is 5.41 Å². The molecule has 0 amide bonds. The maximum atomic E-state index is 9.74. The molecule has 0 spiro atoms. The normalized spacial score (nSPS) is 21.4. The van der Waals surface area contributed by atoms with Gasteiger partial charge in [0.25, 0.3) is 0 Å². The maximum absolute atomic E-state index is 9.74. The predicted molar refractivity (Wildman–Crippen MR) is 152 cm³/mol. The van der Waals surface area contributed by atoms with Crippen LogP contribution in [0.1, 0.15) is 59.3 Å². The third-order valence-electron chi connectivity index (χ3n) is 7.32. The summed E-state index contributed by atoms with van der Waals surface area (Å²) in [6.07, 6.45) is 7.56. The molecule has 206 valence electrons. The molecule has 8 nitrogen and oxygen atoms in total. The Hall–Kier alpha value is -2.44. The quantitative estimate of drug-likeness (QED) is 0.332. The number of halogens is 1. The molecular formula is C29H41ClN6O2. The van der Waals surface area contributed by atoms with Crippen LogP contribution in [0.5, 0.6) is 0 Å². The SMILES string of the molecule is CC(C)(C)OCCNC1CCC(Nc2cc(-c3cccc(NCC4(C#N)CCOCC4)n3)c(Cl)cn2)CC1. The molecule has 1 aliphatic heterocycles. The zero-order valence-electron chi connectivity index (χ0n) is 22.9. The summed E-state index contributed by atoms with van der Waals surface area (Å²) < 4.78 is 11.3. The van der Waals surface area contributed by atoms with Gasteiger partial charge in [-0.3, -0.25) is 0 Å². The van der Waals surface area contributed by atoms with Crippen LogP contribution >= 0.6 is 11.6 Å². The first-order chi connectivity index (χ1) is 18.3. The molecule has 3 heterocycles. The summed E-state index contributed by atoms with van der Waals surface area (Å²) in [6.45, 7) is 9.66. The Morgan fingerprint density at radius 1 is 1.13 bits per heavy atom. The Labute approximate surface area is 231 Å². The van der Waals surface area contributed by atoms with Crippen molar-refractivity contribution in [2.24, 2.45) is 5.41 Å². The van der Waals surface area contributed by atoms with Crippen molar-refractivity contribution in [2.75, 3.05) is 43.5 Å². The number of rotatable bonds is 10. The second kappa shape index (κ2) is 13.1. The molecule has 9 heteroatoms. The minimum absolute atomic E-state index is 0.0912. The average molecular weight is 541 g/mol. The smallest absolute Gasteiger partial charge is 0.126 e. The van der Waals surface area contributed by atoms with Gasteiger partial charge in [-0.05, 0) is 77.5 Å². The number of nitrogens with zero attached hydrogens (tertiary/aromatic N) is 3. The second-order valence-electron chi connectivity index (χ2n) is 11.4. The van der Waals surface area contributed by atoms with E-state index in [4.69, 9.17) is 26.1 Å². The van der Waals surface area contributed by atoms with Crippen molar-refractivity contribution in [2.45, 2.75) is 77.0 Å². The van der Waals surface area contributed by atoms with E-state index in [-0.39, 0.29) is 5.60 Å². The molecule has 0 unspecified atom stereocenters. The number of hydrogen-bond acceptors (Lipinski definition) is 8. The van der Waals surface area contributed by atoms with Crippen LogP contribution in [-0.2, 0) is 9.47 Å². The van der Waals surface area contributed by atoms with Crippen LogP contribution in [0.3, 0.4) is 0 Å². The van der Waals surface area contributed by atoms with Gasteiger partial charge >= 0.3 is 0 Å². The molecule has 4 rings (SSSR count). The number of aromatic nitrogens is 2. The summed E-state index contributed by atoms with van der Waals surface area (Å²) in [5, 5.41) is 20.9. The Bertz CT molecular complexity index is 1090. The van der Waals surface area contributed by atoms with Gasteiger partial charge in [0, 0.05) is 50.1 Å². The lowest BCUT2D eigenvalue weighted by Gasteiger charge is -2.31.